The maximum absolute atomic E-state index is 13.1. The van der Waals surface area contributed by atoms with Gasteiger partial charge in [-0.3, -0.25) is 14.2 Å². The van der Waals surface area contributed by atoms with Crippen LogP contribution >= 0.6 is 11.8 Å². The number of alkyl halides is 3. The fourth-order valence-corrected chi connectivity index (χ4v) is 3.85. The number of rotatable bonds is 10. The molecule has 0 bridgehead atoms. The van der Waals surface area contributed by atoms with Crippen molar-refractivity contribution in [3.63, 3.8) is 0 Å². The summed E-state index contributed by atoms with van der Waals surface area (Å²) in [5, 5.41) is 11.9. The first kappa shape index (κ1) is 24.2. The summed E-state index contributed by atoms with van der Waals surface area (Å²) in [5.41, 5.74) is 0.506. The molecule has 1 amide bonds. The number of fused-ring (bicyclic) bond motifs is 1. The van der Waals surface area contributed by atoms with E-state index < -0.39 is 12.8 Å². The number of nitrogens with one attached hydrogen (secondary N) is 2. The quantitative estimate of drug-likeness (QED) is 0.261. The highest BCUT2D eigenvalue weighted by molar-refractivity contribution is 7.99. The number of aromatic nitrogens is 3. The van der Waals surface area contributed by atoms with Crippen LogP contribution in [0.4, 0.5) is 13.2 Å². The van der Waals surface area contributed by atoms with Crippen molar-refractivity contribution in [2.24, 2.45) is 0 Å². The highest BCUT2D eigenvalue weighted by atomic mass is 32.2. The van der Waals surface area contributed by atoms with Crippen LogP contribution in [0, 0.1) is 11.3 Å². The van der Waals surface area contributed by atoms with E-state index in [0.29, 0.717) is 40.6 Å². The monoisotopic (exact) mass is 479 g/mol. The lowest BCUT2D eigenvalue weighted by Crippen LogP contribution is -2.24. The van der Waals surface area contributed by atoms with Gasteiger partial charge >= 0.3 is 6.18 Å². The van der Waals surface area contributed by atoms with Gasteiger partial charge in [0, 0.05) is 24.9 Å². The summed E-state index contributed by atoms with van der Waals surface area (Å²) in [4.78, 5) is 32.2. The molecule has 0 aliphatic carbocycles. The molecule has 3 rings (SSSR count). The van der Waals surface area contributed by atoms with Gasteiger partial charge in [0.2, 0.25) is 5.91 Å². The van der Waals surface area contributed by atoms with Gasteiger partial charge in [-0.15, -0.1) is 0 Å². The van der Waals surface area contributed by atoms with Crippen molar-refractivity contribution in [2.45, 2.75) is 30.6 Å². The minimum atomic E-state index is -4.45. The van der Waals surface area contributed by atoms with Crippen LogP contribution in [0.25, 0.3) is 16.7 Å². The minimum Gasteiger partial charge on any atom is -0.484 e. The number of benzene rings is 1. The van der Waals surface area contributed by atoms with Gasteiger partial charge in [-0.25, -0.2) is 4.98 Å². The second kappa shape index (κ2) is 10.9. The largest absolute Gasteiger partial charge is 0.484 e. The summed E-state index contributed by atoms with van der Waals surface area (Å²) in [6, 6.07) is 9.23. The van der Waals surface area contributed by atoms with Crippen molar-refractivity contribution in [1.82, 2.24) is 19.9 Å². The molecule has 0 spiro atoms. The van der Waals surface area contributed by atoms with Crippen molar-refractivity contribution in [3.05, 3.63) is 46.9 Å². The first-order valence-electron chi connectivity index (χ1n) is 9.95. The van der Waals surface area contributed by atoms with Crippen LogP contribution < -0.4 is 15.6 Å². The van der Waals surface area contributed by atoms with E-state index in [1.54, 1.807) is 12.3 Å². The van der Waals surface area contributed by atoms with Crippen LogP contribution in [0.2, 0.25) is 0 Å². The molecule has 0 aliphatic heterocycles. The third kappa shape index (κ3) is 6.76. The summed E-state index contributed by atoms with van der Waals surface area (Å²) in [6.07, 6.45) is -1.83. The summed E-state index contributed by atoms with van der Waals surface area (Å²) in [5.74, 6) is 0.360. The van der Waals surface area contributed by atoms with Crippen LogP contribution in [0.3, 0.4) is 0 Å². The van der Waals surface area contributed by atoms with Gasteiger partial charge in [-0.2, -0.15) is 18.4 Å². The van der Waals surface area contributed by atoms with E-state index in [2.05, 4.69) is 15.3 Å². The van der Waals surface area contributed by atoms with E-state index in [1.165, 1.54) is 40.6 Å². The molecular formula is C21H20F3N5O3S. The van der Waals surface area contributed by atoms with Crippen LogP contribution in [-0.2, 0) is 4.79 Å². The van der Waals surface area contributed by atoms with Gasteiger partial charge in [-0.05, 0) is 36.8 Å². The molecule has 2 N–H and O–H groups in total. The maximum Gasteiger partial charge on any atom is 0.422 e. The number of thioether (sulfide) groups is 1. The lowest BCUT2D eigenvalue weighted by atomic mass is 10.3. The molecule has 0 saturated carbocycles. The number of carbonyl (C=O) groups is 1. The Hall–Kier alpha value is -3.46. The smallest absolute Gasteiger partial charge is 0.422 e. The van der Waals surface area contributed by atoms with E-state index in [-0.39, 0.29) is 30.1 Å². The maximum atomic E-state index is 13.1. The second-order valence-electron chi connectivity index (χ2n) is 6.88. The standard InChI is InChI=1S/C21H20F3N5O3S/c22-21(23,24)13-32-15-6-4-14(5-7-15)29-19(31)16-8-11-27-18(16)28-20(29)33-12-1-3-17(30)26-10-2-9-25/h4-8,11,27H,1-3,10,12-13H2,(H,26,30). The number of hydrogen-bond acceptors (Lipinski definition) is 6. The Balaban J connectivity index is 1.75. The van der Waals surface area contributed by atoms with E-state index in [0.717, 1.165) is 0 Å². The van der Waals surface area contributed by atoms with Gasteiger partial charge in [0.15, 0.2) is 11.8 Å². The van der Waals surface area contributed by atoms with E-state index in [1.807, 2.05) is 6.07 Å². The van der Waals surface area contributed by atoms with E-state index in [4.69, 9.17) is 10.00 Å². The summed E-state index contributed by atoms with van der Waals surface area (Å²) in [7, 11) is 0. The van der Waals surface area contributed by atoms with Gasteiger partial charge in [0.25, 0.3) is 5.56 Å². The van der Waals surface area contributed by atoms with E-state index >= 15 is 0 Å². The number of amides is 1. The van der Waals surface area contributed by atoms with Crippen molar-refractivity contribution >= 4 is 28.7 Å². The SMILES string of the molecule is N#CCCNC(=O)CCCSc1nc2[nH]ccc2c(=O)n1-c1ccc(OCC(F)(F)F)cc1. The molecule has 0 unspecified atom stereocenters. The molecule has 174 valence electrons. The lowest BCUT2D eigenvalue weighted by Gasteiger charge is -2.13. The Morgan fingerprint density at radius 1 is 1.27 bits per heavy atom. The zero-order chi connectivity index (χ0) is 23.8. The Morgan fingerprint density at radius 2 is 2.03 bits per heavy atom. The fraction of sp³-hybridized carbons (Fsp3) is 0.333. The van der Waals surface area contributed by atoms with Crippen molar-refractivity contribution < 1.29 is 22.7 Å². The molecule has 1 aromatic carbocycles. The number of aromatic amines is 1. The summed E-state index contributed by atoms with van der Waals surface area (Å²) >= 11 is 1.28. The molecule has 0 radical (unpaired) electrons. The number of nitrogens with zero attached hydrogens (tertiary/aromatic N) is 3. The van der Waals surface area contributed by atoms with Crippen molar-refractivity contribution in [2.75, 3.05) is 18.9 Å². The molecule has 0 fully saturated rings. The highest BCUT2D eigenvalue weighted by Gasteiger charge is 2.28. The molecule has 2 aromatic heterocycles. The zero-order valence-corrected chi connectivity index (χ0v) is 18.1. The topological polar surface area (TPSA) is 113 Å². The third-order valence-electron chi connectivity index (χ3n) is 4.39. The molecule has 2 heterocycles. The van der Waals surface area contributed by atoms with E-state index in [9.17, 15) is 22.8 Å². The second-order valence-corrected chi connectivity index (χ2v) is 7.94. The van der Waals surface area contributed by atoms with Gasteiger partial charge < -0.3 is 15.0 Å². The van der Waals surface area contributed by atoms with Crippen LogP contribution in [0.15, 0.2) is 46.5 Å². The van der Waals surface area contributed by atoms with Crippen molar-refractivity contribution in [3.8, 4) is 17.5 Å². The zero-order valence-electron chi connectivity index (χ0n) is 17.3. The molecule has 3 aromatic rings. The number of nitriles is 1. The molecule has 8 nitrogen and oxygen atoms in total. The van der Waals surface area contributed by atoms with Crippen LogP contribution in [0.1, 0.15) is 19.3 Å². The molecule has 0 aliphatic rings. The Labute approximate surface area is 190 Å². The van der Waals surface area contributed by atoms with Crippen LogP contribution in [0.5, 0.6) is 5.75 Å². The number of ether oxygens (including phenoxy) is 1. The highest BCUT2D eigenvalue weighted by Crippen LogP contribution is 2.24. The van der Waals surface area contributed by atoms with Crippen molar-refractivity contribution in [1.29, 1.82) is 5.26 Å². The number of hydrogen-bond donors (Lipinski definition) is 2. The number of H-pyrrole nitrogens is 1. The molecule has 12 heteroatoms. The fourth-order valence-electron chi connectivity index (χ4n) is 2.90. The normalized spacial score (nSPS) is 11.3. The average molecular weight is 479 g/mol. The predicted octanol–water partition coefficient (Wildman–Crippen LogP) is 3.56. The van der Waals surface area contributed by atoms with Gasteiger partial charge in [0.1, 0.15) is 11.4 Å². The number of halogens is 3. The lowest BCUT2D eigenvalue weighted by molar-refractivity contribution is -0.153. The Bertz CT molecular complexity index is 1200. The molecular weight excluding hydrogens is 459 g/mol. The van der Waals surface area contributed by atoms with Gasteiger partial charge in [0.05, 0.1) is 23.6 Å². The first-order valence-corrected chi connectivity index (χ1v) is 10.9. The molecule has 33 heavy (non-hydrogen) atoms. The Kier molecular flexibility index (Phi) is 8.00. The first-order chi connectivity index (χ1) is 15.8. The Morgan fingerprint density at radius 3 is 2.73 bits per heavy atom. The minimum absolute atomic E-state index is 0.0245. The molecule has 0 atom stereocenters. The van der Waals surface area contributed by atoms with Gasteiger partial charge in [-0.1, -0.05) is 11.8 Å². The molecule has 0 saturated heterocycles. The predicted molar refractivity (Wildman–Crippen MR) is 116 cm³/mol. The third-order valence-corrected chi connectivity index (χ3v) is 5.42. The summed E-state index contributed by atoms with van der Waals surface area (Å²) < 4.78 is 43.2. The summed E-state index contributed by atoms with van der Waals surface area (Å²) in [6.45, 7) is -1.11. The average Bonchev–Trinajstić information content (AvgIpc) is 3.25. The number of carbonyl (C=O) groups excluding carboxylic acids is 1. The van der Waals surface area contributed by atoms with Crippen LogP contribution in [-0.4, -0.2) is 45.5 Å².